The van der Waals surface area contributed by atoms with Gasteiger partial charge in [-0.15, -0.1) is 0 Å². The Kier molecular flexibility index (Phi) is 8.35. The lowest BCUT2D eigenvalue weighted by Gasteiger charge is -2.20. The van der Waals surface area contributed by atoms with Crippen LogP contribution in [0.4, 0.5) is 5.13 Å². The van der Waals surface area contributed by atoms with Crippen molar-refractivity contribution in [3.63, 3.8) is 0 Å². The monoisotopic (exact) mass is 531 g/mol. The van der Waals surface area contributed by atoms with Crippen LogP contribution >= 0.6 is 11.3 Å². The molecule has 0 spiro atoms. The molecule has 1 atom stereocenters. The number of rotatable bonds is 11. The lowest BCUT2D eigenvalue weighted by Crippen LogP contribution is -2.27. The predicted molar refractivity (Wildman–Crippen MR) is 138 cm³/mol. The molecule has 1 saturated carbocycles. The van der Waals surface area contributed by atoms with Crippen molar-refractivity contribution in [1.29, 1.82) is 0 Å². The number of ether oxygens (including phenoxy) is 1. The zero-order chi connectivity index (χ0) is 25.7. The fourth-order valence-electron chi connectivity index (χ4n) is 4.52. The second-order valence-corrected chi connectivity index (χ2v) is 11.7. The summed E-state index contributed by atoms with van der Waals surface area (Å²) in [5.74, 6) is -1.28. The van der Waals surface area contributed by atoms with Crippen molar-refractivity contribution >= 4 is 48.6 Å². The summed E-state index contributed by atoms with van der Waals surface area (Å²) in [6, 6.07) is 11.1. The van der Waals surface area contributed by atoms with Gasteiger partial charge in [-0.3, -0.25) is 4.79 Å². The van der Waals surface area contributed by atoms with Crippen LogP contribution in [-0.2, 0) is 19.6 Å². The Morgan fingerprint density at radius 2 is 1.89 bits per heavy atom. The number of aromatic carboxylic acids is 1. The number of hydrogen-bond donors (Lipinski definition) is 3. The van der Waals surface area contributed by atoms with Gasteiger partial charge in [-0.1, -0.05) is 49.2 Å². The Hall–Kier alpha value is -2.86. The molecule has 1 aromatic heterocycles. The van der Waals surface area contributed by atoms with E-state index in [4.69, 9.17) is 4.74 Å². The van der Waals surface area contributed by atoms with Crippen molar-refractivity contribution in [3.05, 3.63) is 53.6 Å². The molecule has 11 heteroatoms. The van der Waals surface area contributed by atoms with Crippen molar-refractivity contribution in [2.45, 2.75) is 42.9 Å². The molecule has 192 valence electrons. The Balaban J connectivity index is 1.55. The van der Waals surface area contributed by atoms with Gasteiger partial charge < -0.3 is 15.2 Å². The van der Waals surface area contributed by atoms with Gasteiger partial charge in [0, 0.05) is 13.7 Å². The summed E-state index contributed by atoms with van der Waals surface area (Å²) in [6.07, 6.45) is 5.09. The second-order valence-electron chi connectivity index (χ2n) is 8.89. The number of nitrogens with one attached hydrogen (secondary N) is 2. The average Bonchev–Trinajstić information content (AvgIpc) is 3.51. The lowest BCUT2D eigenvalue weighted by atomic mass is 9.87. The number of aromatic nitrogens is 1. The van der Waals surface area contributed by atoms with Crippen molar-refractivity contribution in [2.75, 3.05) is 25.6 Å². The van der Waals surface area contributed by atoms with E-state index in [1.54, 1.807) is 24.3 Å². The molecule has 0 unspecified atom stereocenters. The lowest BCUT2D eigenvalue weighted by molar-refractivity contribution is -0.118. The molecule has 1 amide bonds. The zero-order valence-electron chi connectivity index (χ0n) is 19.9. The number of hydrogen-bond acceptors (Lipinski definition) is 7. The summed E-state index contributed by atoms with van der Waals surface area (Å²) in [7, 11) is -2.17. The number of carbonyl (C=O) groups excluding carboxylic acids is 1. The molecule has 3 aromatic rings. The number of benzene rings is 2. The second kappa shape index (κ2) is 11.5. The highest BCUT2D eigenvalue weighted by Gasteiger charge is 2.28. The summed E-state index contributed by atoms with van der Waals surface area (Å²) in [4.78, 5) is 29.3. The Morgan fingerprint density at radius 3 is 2.56 bits per heavy atom. The maximum atomic E-state index is 13.4. The Labute approximate surface area is 213 Å². The van der Waals surface area contributed by atoms with E-state index in [2.05, 4.69) is 15.0 Å². The van der Waals surface area contributed by atoms with Crippen LogP contribution in [0.3, 0.4) is 0 Å². The van der Waals surface area contributed by atoms with Gasteiger partial charge in [-0.2, -0.15) is 0 Å². The summed E-state index contributed by atoms with van der Waals surface area (Å²) in [6.45, 7) is 0.438. The van der Waals surface area contributed by atoms with E-state index in [1.807, 2.05) is 0 Å². The van der Waals surface area contributed by atoms with Crippen molar-refractivity contribution in [2.24, 2.45) is 5.92 Å². The minimum atomic E-state index is -3.67. The fourth-order valence-corrected chi connectivity index (χ4v) is 6.44. The molecule has 3 N–H and O–H groups in total. The predicted octanol–water partition coefficient (Wildman–Crippen LogP) is 4.22. The molecule has 4 rings (SSSR count). The third-order valence-electron chi connectivity index (χ3n) is 6.42. The SMILES string of the molecule is COCCNS(=O)(=O)c1ccc([C@@H](CC2CCCC2)C(=O)Nc2nc3ccc(C(=O)O)cc3s2)cc1. The number of methoxy groups -OCH3 is 1. The number of thiazole rings is 1. The van der Waals surface area contributed by atoms with E-state index < -0.39 is 21.9 Å². The number of amides is 1. The van der Waals surface area contributed by atoms with Gasteiger partial charge in [0.25, 0.3) is 0 Å². The first-order chi connectivity index (χ1) is 17.3. The zero-order valence-corrected chi connectivity index (χ0v) is 21.5. The number of carbonyl (C=O) groups is 2. The summed E-state index contributed by atoms with van der Waals surface area (Å²) >= 11 is 1.22. The normalized spacial score (nSPS) is 15.2. The van der Waals surface area contributed by atoms with Crippen LogP contribution < -0.4 is 10.0 Å². The van der Waals surface area contributed by atoms with Crippen LogP contribution in [0.5, 0.6) is 0 Å². The van der Waals surface area contributed by atoms with Crippen molar-refractivity contribution in [1.82, 2.24) is 9.71 Å². The molecule has 1 fully saturated rings. The molecule has 0 saturated heterocycles. The highest BCUT2D eigenvalue weighted by atomic mass is 32.2. The largest absolute Gasteiger partial charge is 0.478 e. The molecule has 9 nitrogen and oxygen atoms in total. The minimum Gasteiger partial charge on any atom is -0.478 e. The van der Waals surface area contributed by atoms with E-state index >= 15 is 0 Å². The van der Waals surface area contributed by atoms with Gasteiger partial charge in [-0.25, -0.2) is 22.9 Å². The van der Waals surface area contributed by atoms with Crippen LogP contribution in [0, 0.1) is 5.92 Å². The number of carboxylic acid groups (broad SMARTS) is 1. The molecular formula is C25H29N3O6S2. The molecular weight excluding hydrogens is 502 g/mol. The molecule has 1 heterocycles. The topological polar surface area (TPSA) is 135 Å². The van der Waals surface area contributed by atoms with E-state index in [9.17, 15) is 23.1 Å². The maximum absolute atomic E-state index is 13.4. The number of sulfonamides is 1. The molecule has 2 aromatic carbocycles. The minimum absolute atomic E-state index is 0.128. The van der Waals surface area contributed by atoms with E-state index in [0.29, 0.717) is 27.7 Å². The molecule has 36 heavy (non-hydrogen) atoms. The summed E-state index contributed by atoms with van der Waals surface area (Å²) in [5.41, 5.74) is 1.52. The summed E-state index contributed by atoms with van der Waals surface area (Å²) in [5, 5.41) is 12.5. The number of nitrogens with zero attached hydrogens (tertiary/aromatic N) is 1. The van der Waals surface area contributed by atoms with Crippen molar-refractivity contribution in [3.8, 4) is 0 Å². The molecule has 1 aliphatic carbocycles. The van der Waals surface area contributed by atoms with Gasteiger partial charge in [0.05, 0.1) is 33.2 Å². The standard InChI is InChI=1S/C25H29N3O6S2/c1-34-13-12-26-36(32,33)19-9-6-17(7-10-19)20(14-16-4-2-3-5-16)23(29)28-25-27-21-11-8-18(24(30)31)15-22(21)35-25/h6-11,15-16,20,26H,2-5,12-14H2,1H3,(H,30,31)(H,27,28,29)/t20-/m1/s1. The molecule has 0 radical (unpaired) electrons. The van der Waals surface area contributed by atoms with Crippen LogP contribution in [-0.4, -0.2) is 50.6 Å². The van der Waals surface area contributed by atoms with Gasteiger partial charge >= 0.3 is 5.97 Å². The maximum Gasteiger partial charge on any atom is 0.335 e. The van der Waals surface area contributed by atoms with Crippen LogP contribution in [0.15, 0.2) is 47.4 Å². The Morgan fingerprint density at radius 1 is 1.17 bits per heavy atom. The number of carboxylic acids is 1. The van der Waals surface area contributed by atoms with E-state index in [0.717, 1.165) is 31.2 Å². The van der Waals surface area contributed by atoms with Gasteiger partial charge in [0.15, 0.2) is 5.13 Å². The third kappa shape index (κ3) is 6.28. The van der Waals surface area contributed by atoms with Gasteiger partial charge in [-0.05, 0) is 48.2 Å². The van der Waals surface area contributed by atoms with E-state index in [1.165, 1.54) is 36.6 Å². The Bertz CT molecular complexity index is 1330. The molecule has 0 bridgehead atoms. The highest BCUT2D eigenvalue weighted by molar-refractivity contribution is 7.89. The number of fused-ring (bicyclic) bond motifs is 1. The third-order valence-corrected chi connectivity index (χ3v) is 8.83. The molecule has 1 aliphatic rings. The molecule has 0 aliphatic heterocycles. The van der Waals surface area contributed by atoms with Crippen LogP contribution in [0.2, 0.25) is 0 Å². The first-order valence-electron chi connectivity index (χ1n) is 11.8. The quantitative estimate of drug-likeness (QED) is 0.315. The first kappa shape index (κ1) is 26.2. The van der Waals surface area contributed by atoms with E-state index in [-0.39, 0.29) is 29.5 Å². The van der Waals surface area contributed by atoms with Crippen LogP contribution in [0.1, 0.15) is 53.9 Å². The van der Waals surface area contributed by atoms with Crippen molar-refractivity contribution < 1.29 is 27.9 Å². The summed E-state index contributed by atoms with van der Waals surface area (Å²) < 4.78 is 33.1. The van der Waals surface area contributed by atoms with Gasteiger partial charge in [0.2, 0.25) is 15.9 Å². The number of anilines is 1. The smallest absolute Gasteiger partial charge is 0.335 e. The highest BCUT2D eigenvalue weighted by Crippen LogP contribution is 2.36. The van der Waals surface area contributed by atoms with Gasteiger partial charge in [0.1, 0.15) is 0 Å². The fraction of sp³-hybridized carbons (Fsp3) is 0.400. The van der Waals surface area contributed by atoms with Crippen LogP contribution in [0.25, 0.3) is 10.2 Å². The first-order valence-corrected chi connectivity index (χ1v) is 14.1. The average molecular weight is 532 g/mol.